The van der Waals surface area contributed by atoms with E-state index in [4.69, 9.17) is 9.47 Å². The van der Waals surface area contributed by atoms with Crippen LogP contribution < -0.4 is 10.6 Å². The first-order chi connectivity index (χ1) is 19.3. The number of alkyl halides is 3. The van der Waals surface area contributed by atoms with E-state index in [0.29, 0.717) is 29.9 Å². The number of aromatic nitrogens is 2. The van der Waals surface area contributed by atoms with Crippen LogP contribution in [0.3, 0.4) is 0 Å². The summed E-state index contributed by atoms with van der Waals surface area (Å²) in [6.45, 7) is 8.29. The van der Waals surface area contributed by atoms with Crippen LogP contribution in [-0.2, 0) is 22.2 Å². The van der Waals surface area contributed by atoms with Gasteiger partial charge in [0.15, 0.2) is 0 Å². The lowest BCUT2D eigenvalue weighted by atomic mass is 9.95. The quantitative estimate of drug-likeness (QED) is 0.320. The molecule has 0 spiro atoms. The minimum Gasteiger partial charge on any atom is -0.444 e. The second-order valence-electron chi connectivity index (χ2n) is 10.9. The molecular formula is C29H33F3N4O4S. The Morgan fingerprint density at radius 1 is 1.07 bits per heavy atom. The van der Waals surface area contributed by atoms with Gasteiger partial charge in [0.05, 0.1) is 11.6 Å². The molecule has 41 heavy (non-hydrogen) atoms. The normalized spacial score (nSPS) is 15.3. The number of hydrogen-bond acceptors (Lipinski definition) is 7. The monoisotopic (exact) mass is 590 g/mol. The van der Waals surface area contributed by atoms with Crippen molar-refractivity contribution in [1.82, 2.24) is 20.8 Å². The molecule has 2 amide bonds. The standard InChI is InChI=1S/C29H33F3N4O4S/c1-17(34-24(37)26-36-35-25(41-26)20-11-13-39-14-12-20)18-5-7-19(8-6-18)23-15-22(29(30,31)32)10-9-21(23)16-33-27(38)40-28(2,3)4/h5-10,15,17,20H,11-14,16H2,1-4H3,(H,33,38)(H,34,37)/t17-/m1/s1. The van der Waals surface area contributed by atoms with E-state index in [1.807, 2.05) is 6.92 Å². The molecule has 3 aromatic rings. The van der Waals surface area contributed by atoms with Crippen molar-refractivity contribution in [3.63, 3.8) is 0 Å². The molecule has 1 fully saturated rings. The van der Waals surface area contributed by atoms with E-state index in [2.05, 4.69) is 20.8 Å². The molecule has 2 heterocycles. The molecule has 0 unspecified atom stereocenters. The average Bonchev–Trinajstić information content (AvgIpc) is 3.42. The van der Waals surface area contributed by atoms with Crippen LogP contribution in [-0.4, -0.2) is 41.0 Å². The van der Waals surface area contributed by atoms with Crippen molar-refractivity contribution in [2.24, 2.45) is 0 Å². The summed E-state index contributed by atoms with van der Waals surface area (Å²) in [5.41, 5.74) is 0.609. The fraction of sp³-hybridized carbons (Fsp3) is 0.448. The first-order valence-electron chi connectivity index (χ1n) is 13.3. The number of amides is 2. The highest BCUT2D eigenvalue weighted by Crippen LogP contribution is 2.35. The van der Waals surface area contributed by atoms with E-state index in [-0.39, 0.29) is 29.4 Å². The smallest absolute Gasteiger partial charge is 0.416 e. The third kappa shape index (κ3) is 8.26. The fourth-order valence-electron chi connectivity index (χ4n) is 4.39. The second kappa shape index (κ2) is 12.6. The highest BCUT2D eigenvalue weighted by Gasteiger charge is 2.31. The molecule has 1 aliphatic heterocycles. The van der Waals surface area contributed by atoms with Crippen LogP contribution in [0.1, 0.15) is 84.0 Å². The number of halogens is 3. The summed E-state index contributed by atoms with van der Waals surface area (Å²) in [5.74, 6) is -0.0985. The van der Waals surface area contributed by atoms with E-state index in [9.17, 15) is 22.8 Å². The first kappa shape index (κ1) is 30.4. The van der Waals surface area contributed by atoms with Gasteiger partial charge in [0.2, 0.25) is 5.01 Å². The molecular weight excluding hydrogens is 557 g/mol. The molecule has 220 valence electrons. The van der Waals surface area contributed by atoms with Crippen LogP contribution >= 0.6 is 11.3 Å². The Morgan fingerprint density at radius 2 is 1.76 bits per heavy atom. The van der Waals surface area contributed by atoms with Gasteiger partial charge in [0.1, 0.15) is 10.6 Å². The zero-order chi connectivity index (χ0) is 29.8. The summed E-state index contributed by atoms with van der Waals surface area (Å²) in [6, 6.07) is 9.90. The summed E-state index contributed by atoms with van der Waals surface area (Å²) >= 11 is 1.28. The third-order valence-electron chi connectivity index (χ3n) is 6.53. The van der Waals surface area contributed by atoms with Crippen LogP contribution in [0, 0.1) is 0 Å². The van der Waals surface area contributed by atoms with Gasteiger partial charge in [-0.1, -0.05) is 41.7 Å². The number of alkyl carbamates (subject to hydrolysis) is 1. The molecule has 0 aliphatic carbocycles. The Kier molecular flexibility index (Phi) is 9.33. The van der Waals surface area contributed by atoms with Gasteiger partial charge in [-0.25, -0.2) is 4.79 Å². The van der Waals surface area contributed by atoms with Crippen LogP contribution in [0.25, 0.3) is 11.1 Å². The number of hydrogen-bond donors (Lipinski definition) is 2. The molecule has 2 N–H and O–H groups in total. The maximum absolute atomic E-state index is 13.5. The predicted molar refractivity (Wildman–Crippen MR) is 149 cm³/mol. The van der Waals surface area contributed by atoms with E-state index in [1.165, 1.54) is 17.4 Å². The number of carbonyl (C=O) groups is 2. The number of carbonyl (C=O) groups excluding carboxylic acids is 2. The molecule has 1 aromatic heterocycles. The lowest BCUT2D eigenvalue weighted by molar-refractivity contribution is -0.137. The third-order valence-corrected chi connectivity index (χ3v) is 7.62. The first-order valence-corrected chi connectivity index (χ1v) is 14.1. The summed E-state index contributed by atoms with van der Waals surface area (Å²) in [6.07, 6.45) is -3.49. The van der Waals surface area contributed by atoms with Crippen LogP contribution in [0.15, 0.2) is 42.5 Å². The van der Waals surface area contributed by atoms with E-state index < -0.39 is 23.4 Å². The Balaban J connectivity index is 1.48. The average molecular weight is 591 g/mol. The maximum Gasteiger partial charge on any atom is 0.416 e. The van der Waals surface area contributed by atoms with Crippen molar-refractivity contribution in [1.29, 1.82) is 0 Å². The minimum atomic E-state index is -4.53. The summed E-state index contributed by atoms with van der Waals surface area (Å²) in [5, 5.41) is 14.9. The highest BCUT2D eigenvalue weighted by molar-refractivity contribution is 7.13. The second-order valence-corrected chi connectivity index (χ2v) is 11.9. The van der Waals surface area contributed by atoms with E-state index >= 15 is 0 Å². The van der Waals surface area contributed by atoms with Gasteiger partial charge in [-0.05, 0) is 74.9 Å². The molecule has 12 heteroatoms. The minimum absolute atomic E-state index is 0.0195. The van der Waals surface area contributed by atoms with Crippen molar-refractivity contribution in [3.05, 3.63) is 69.2 Å². The highest BCUT2D eigenvalue weighted by atomic mass is 32.1. The van der Waals surface area contributed by atoms with Gasteiger partial charge in [-0.3, -0.25) is 4.79 Å². The van der Waals surface area contributed by atoms with Crippen LogP contribution in [0.4, 0.5) is 18.0 Å². The zero-order valence-electron chi connectivity index (χ0n) is 23.3. The molecule has 2 aromatic carbocycles. The van der Waals surface area contributed by atoms with E-state index in [0.717, 1.165) is 35.5 Å². The molecule has 1 saturated heterocycles. The molecule has 1 atom stereocenters. The number of rotatable bonds is 7. The number of nitrogens with one attached hydrogen (secondary N) is 2. The largest absolute Gasteiger partial charge is 0.444 e. The Morgan fingerprint density at radius 3 is 2.39 bits per heavy atom. The van der Waals surface area contributed by atoms with Crippen molar-refractivity contribution in [2.45, 2.75) is 70.8 Å². The summed E-state index contributed by atoms with van der Waals surface area (Å²) < 4.78 is 51.2. The zero-order valence-corrected chi connectivity index (χ0v) is 24.1. The van der Waals surface area contributed by atoms with Gasteiger partial charge in [0, 0.05) is 25.7 Å². The lowest BCUT2D eigenvalue weighted by Gasteiger charge is -2.20. The Bertz CT molecular complexity index is 1360. The number of ether oxygens (including phenoxy) is 2. The van der Waals surface area contributed by atoms with Crippen molar-refractivity contribution >= 4 is 23.3 Å². The predicted octanol–water partition coefficient (Wildman–Crippen LogP) is 6.63. The SMILES string of the molecule is C[C@@H](NC(=O)c1nnc(C2CCOCC2)s1)c1ccc(-c2cc(C(F)(F)F)ccc2CNC(=O)OC(C)(C)C)cc1. The van der Waals surface area contributed by atoms with Gasteiger partial charge in [-0.15, -0.1) is 10.2 Å². The van der Waals surface area contributed by atoms with Gasteiger partial charge >= 0.3 is 12.3 Å². The van der Waals surface area contributed by atoms with Gasteiger partial charge in [0.25, 0.3) is 5.91 Å². The lowest BCUT2D eigenvalue weighted by Crippen LogP contribution is -2.32. The Labute approximate surface area is 240 Å². The van der Waals surface area contributed by atoms with Gasteiger partial charge < -0.3 is 20.1 Å². The number of nitrogens with zero attached hydrogens (tertiary/aromatic N) is 2. The van der Waals surface area contributed by atoms with Gasteiger partial charge in [-0.2, -0.15) is 13.2 Å². The topological polar surface area (TPSA) is 102 Å². The summed E-state index contributed by atoms with van der Waals surface area (Å²) in [4.78, 5) is 25.0. The maximum atomic E-state index is 13.5. The molecule has 0 saturated carbocycles. The van der Waals surface area contributed by atoms with Crippen molar-refractivity contribution in [2.75, 3.05) is 13.2 Å². The molecule has 0 bridgehead atoms. The molecule has 0 radical (unpaired) electrons. The van der Waals surface area contributed by atoms with Crippen molar-refractivity contribution in [3.8, 4) is 11.1 Å². The molecule has 1 aliphatic rings. The number of benzene rings is 2. The Hall–Kier alpha value is -3.51. The van der Waals surface area contributed by atoms with E-state index in [1.54, 1.807) is 45.0 Å². The summed E-state index contributed by atoms with van der Waals surface area (Å²) in [7, 11) is 0. The van der Waals surface area contributed by atoms with Crippen LogP contribution in [0.5, 0.6) is 0 Å². The van der Waals surface area contributed by atoms with Crippen LogP contribution in [0.2, 0.25) is 0 Å². The fourth-order valence-corrected chi connectivity index (χ4v) is 5.30. The molecule has 4 rings (SSSR count). The molecule has 8 nitrogen and oxygen atoms in total. The van der Waals surface area contributed by atoms with Crippen molar-refractivity contribution < 1.29 is 32.2 Å².